The molecule has 0 radical (unpaired) electrons. The van der Waals surface area contributed by atoms with Crippen molar-refractivity contribution in [1.82, 2.24) is 4.98 Å². The number of carbonyl (C=O) groups is 1. The smallest absolute Gasteiger partial charge is 0.349 e. The lowest BCUT2D eigenvalue weighted by Gasteiger charge is -2.13. The zero-order chi connectivity index (χ0) is 12.8. The minimum absolute atomic E-state index is 0.0511. The maximum atomic E-state index is 11.3. The molecule has 0 amide bonds. The number of hydrogen-bond acceptors (Lipinski definition) is 7. The third-order valence-electron chi connectivity index (χ3n) is 2.04. The summed E-state index contributed by atoms with van der Waals surface area (Å²) in [7, 11) is 0. The van der Waals surface area contributed by atoms with Gasteiger partial charge in [-0.25, -0.2) is 9.78 Å². The van der Waals surface area contributed by atoms with Gasteiger partial charge in [-0.2, -0.15) is 0 Å². The van der Waals surface area contributed by atoms with Crippen LogP contribution in [0.2, 0.25) is 0 Å². The van der Waals surface area contributed by atoms with Gasteiger partial charge in [0.2, 0.25) is 0 Å². The molecule has 0 saturated heterocycles. The Labute approximate surface area is 103 Å². The summed E-state index contributed by atoms with van der Waals surface area (Å²) in [6.45, 7) is 1.73. The first-order chi connectivity index (χ1) is 8.10. The summed E-state index contributed by atoms with van der Waals surface area (Å²) in [5.74, 6) is -0.500. The highest BCUT2D eigenvalue weighted by atomic mass is 32.1. The van der Waals surface area contributed by atoms with E-state index in [2.05, 4.69) is 4.98 Å². The summed E-state index contributed by atoms with van der Waals surface area (Å²) in [5, 5.41) is 28.0. The van der Waals surface area contributed by atoms with Crippen LogP contribution in [0.4, 0.5) is 0 Å². The molecule has 1 aromatic rings. The van der Waals surface area contributed by atoms with E-state index in [-0.39, 0.29) is 29.5 Å². The maximum absolute atomic E-state index is 11.3. The van der Waals surface area contributed by atoms with Crippen molar-refractivity contribution in [3.05, 3.63) is 16.1 Å². The van der Waals surface area contributed by atoms with Gasteiger partial charge in [0.05, 0.1) is 18.9 Å². The molecule has 1 rings (SSSR count). The zero-order valence-electron chi connectivity index (χ0n) is 9.37. The summed E-state index contributed by atoms with van der Waals surface area (Å²) < 4.78 is 4.78. The molecule has 0 saturated carbocycles. The number of aliphatic hydroxyl groups is 3. The monoisotopic (exact) mass is 261 g/mol. The van der Waals surface area contributed by atoms with Gasteiger partial charge in [-0.3, -0.25) is 0 Å². The average molecular weight is 261 g/mol. The third kappa shape index (κ3) is 3.74. The minimum Gasteiger partial charge on any atom is -0.462 e. The fourth-order valence-electron chi connectivity index (χ4n) is 1.18. The minimum atomic E-state index is -1.20. The molecule has 0 aliphatic rings. The maximum Gasteiger partial charge on any atom is 0.349 e. The van der Waals surface area contributed by atoms with Crippen molar-refractivity contribution in [2.75, 3.05) is 13.2 Å². The van der Waals surface area contributed by atoms with E-state index in [0.29, 0.717) is 0 Å². The fourth-order valence-corrected chi connectivity index (χ4v) is 2.03. The van der Waals surface area contributed by atoms with Crippen molar-refractivity contribution < 1.29 is 24.9 Å². The lowest BCUT2D eigenvalue weighted by Crippen LogP contribution is -2.19. The normalized spacial score (nSPS) is 14.4. The van der Waals surface area contributed by atoms with Gasteiger partial charge in [-0.1, -0.05) is 0 Å². The summed E-state index contributed by atoms with van der Waals surface area (Å²) in [6.07, 6.45) is -0.945. The molecule has 1 heterocycles. The first-order valence-corrected chi connectivity index (χ1v) is 6.01. The Hall–Kier alpha value is -1.02. The highest BCUT2D eigenvalue weighted by molar-refractivity contribution is 7.13. The molecule has 0 aliphatic carbocycles. The molecule has 6 nitrogen and oxygen atoms in total. The Kier molecular flexibility index (Phi) is 5.49. The van der Waals surface area contributed by atoms with Crippen molar-refractivity contribution in [3.8, 4) is 0 Å². The van der Waals surface area contributed by atoms with Crippen LogP contribution >= 0.6 is 11.3 Å². The molecule has 17 heavy (non-hydrogen) atoms. The number of aromatic nitrogens is 1. The number of esters is 1. The number of aliphatic hydroxyl groups excluding tert-OH is 3. The van der Waals surface area contributed by atoms with E-state index >= 15 is 0 Å². The van der Waals surface area contributed by atoms with Gasteiger partial charge < -0.3 is 20.1 Å². The first kappa shape index (κ1) is 14.0. The number of rotatable bonds is 6. The molecule has 2 atom stereocenters. The van der Waals surface area contributed by atoms with Gasteiger partial charge in [-0.15, -0.1) is 11.3 Å². The molecule has 0 bridgehead atoms. The van der Waals surface area contributed by atoms with E-state index in [1.807, 2.05) is 0 Å². The van der Waals surface area contributed by atoms with E-state index in [0.717, 1.165) is 11.3 Å². The Morgan fingerprint density at radius 2 is 2.29 bits per heavy atom. The molecule has 1 aromatic heterocycles. The second kappa shape index (κ2) is 6.65. The third-order valence-corrected chi connectivity index (χ3v) is 3.09. The predicted octanol–water partition coefficient (Wildman–Crippen LogP) is 0.0965. The fraction of sp³-hybridized carbons (Fsp3) is 0.600. The average Bonchev–Trinajstić information content (AvgIpc) is 2.78. The molecule has 0 aromatic carbocycles. The molecular weight excluding hydrogens is 246 g/mol. The van der Waals surface area contributed by atoms with Crippen LogP contribution in [0.1, 0.15) is 34.1 Å². The molecular formula is C10H15NO5S. The van der Waals surface area contributed by atoms with Crippen molar-refractivity contribution in [1.29, 1.82) is 0 Å². The van der Waals surface area contributed by atoms with Gasteiger partial charge >= 0.3 is 5.97 Å². The van der Waals surface area contributed by atoms with Crippen LogP contribution in [-0.2, 0) is 4.74 Å². The Morgan fingerprint density at radius 1 is 1.59 bits per heavy atom. The van der Waals surface area contributed by atoms with Crippen molar-refractivity contribution in [2.24, 2.45) is 0 Å². The van der Waals surface area contributed by atoms with E-state index in [1.54, 1.807) is 6.92 Å². The molecule has 0 aliphatic heterocycles. The van der Waals surface area contributed by atoms with Crippen LogP contribution in [0, 0.1) is 0 Å². The van der Waals surface area contributed by atoms with Crippen molar-refractivity contribution in [2.45, 2.75) is 25.6 Å². The van der Waals surface area contributed by atoms with Gasteiger partial charge in [0, 0.05) is 6.61 Å². The molecule has 0 fully saturated rings. The Morgan fingerprint density at radius 3 is 2.88 bits per heavy atom. The summed E-state index contributed by atoms with van der Waals surface area (Å²) in [4.78, 5) is 15.5. The number of nitrogens with zero attached hydrogens (tertiary/aromatic N) is 1. The highest BCUT2D eigenvalue weighted by Gasteiger charge is 2.22. The Balaban J connectivity index is 2.70. The number of ether oxygens (including phenoxy) is 1. The first-order valence-electron chi connectivity index (χ1n) is 5.20. The van der Waals surface area contributed by atoms with Crippen molar-refractivity contribution in [3.63, 3.8) is 0 Å². The lowest BCUT2D eigenvalue weighted by molar-refractivity contribution is 0.00411. The number of hydrogen-bond donors (Lipinski definition) is 3. The van der Waals surface area contributed by atoms with E-state index < -0.39 is 18.2 Å². The summed E-state index contributed by atoms with van der Waals surface area (Å²) in [5.41, 5.74) is 0. The molecule has 2 unspecified atom stereocenters. The van der Waals surface area contributed by atoms with Crippen LogP contribution in [0.3, 0.4) is 0 Å². The van der Waals surface area contributed by atoms with E-state index in [9.17, 15) is 15.0 Å². The van der Waals surface area contributed by atoms with Crippen LogP contribution in [-0.4, -0.2) is 45.6 Å². The molecule has 96 valence electrons. The predicted molar refractivity (Wildman–Crippen MR) is 60.7 cm³/mol. The highest BCUT2D eigenvalue weighted by Crippen LogP contribution is 2.24. The van der Waals surface area contributed by atoms with E-state index in [1.165, 1.54) is 6.20 Å². The van der Waals surface area contributed by atoms with Gasteiger partial charge in [-0.05, 0) is 13.3 Å². The van der Waals surface area contributed by atoms with Gasteiger partial charge in [0.25, 0.3) is 0 Å². The second-order valence-electron chi connectivity index (χ2n) is 3.31. The quantitative estimate of drug-likeness (QED) is 0.628. The standard InChI is InChI=1S/C10H15NO5S/c1-2-16-10(15)7-5-11-9(17-7)8(14)6(13)3-4-12/h5-6,8,12-14H,2-4H2,1H3. The summed E-state index contributed by atoms with van der Waals surface area (Å²) >= 11 is 0.966. The van der Waals surface area contributed by atoms with E-state index in [4.69, 9.17) is 9.84 Å². The second-order valence-corrected chi connectivity index (χ2v) is 4.37. The molecule has 7 heteroatoms. The summed E-state index contributed by atoms with van der Waals surface area (Å²) in [6, 6.07) is 0. The van der Waals surface area contributed by atoms with Gasteiger partial charge in [0.1, 0.15) is 16.0 Å². The SMILES string of the molecule is CCOC(=O)c1cnc(C(O)C(O)CCO)s1. The van der Waals surface area contributed by atoms with Crippen LogP contribution < -0.4 is 0 Å². The van der Waals surface area contributed by atoms with Crippen LogP contribution in [0.25, 0.3) is 0 Å². The Bertz CT molecular complexity index is 367. The lowest BCUT2D eigenvalue weighted by atomic mass is 10.1. The van der Waals surface area contributed by atoms with Crippen molar-refractivity contribution >= 4 is 17.3 Å². The number of thiazole rings is 1. The number of carbonyl (C=O) groups excluding carboxylic acids is 1. The van der Waals surface area contributed by atoms with Gasteiger partial charge in [0.15, 0.2) is 0 Å². The van der Waals surface area contributed by atoms with Crippen LogP contribution in [0.15, 0.2) is 6.20 Å². The van der Waals surface area contributed by atoms with Crippen LogP contribution in [0.5, 0.6) is 0 Å². The zero-order valence-corrected chi connectivity index (χ0v) is 10.2. The largest absolute Gasteiger partial charge is 0.462 e. The molecule has 3 N–H and O–H groups in total. The molecule has 0 spiro atoms. The topological polar surface area (TPSA) is 99.9 Å².